The van der Waals surface area contributed by atoms with Crippen molar-refractivity contribution in [1.29, 1.82) is 5.41 Å². The highest BCUT2D eigenvalue weighted by molar-refractivity contribution is 9.10. The molecule has 0 aliphatic carbocycles. The monoisotopic (exact) mass is 471 g/mol. The molecule has 0 heterocycles. The molecule has 0 aliphatic heterocycles. The van der Waals surface area contributed by atoms with Gasteiger partial charge in [-0.3, -0.25) is 15.0 Å². The van der Waals surface area contributed by atoms with E-state index in [2.05, 4.69) is 26.2 Å². The van der Waals surface area contributed by atoms with Crippen molar-refractivity contribution in [2.24, 2.45) is 4.99 Å². The third kappa shape index (κ3) is 7.63. The Kier molecular flexibility index (Phi) is 9.47. The van der Waals surface area contributed by atoms with Crippen LogP contribution in [0.25, 0.3) is 5.76 Å². The number of carbonyl (C=O) groups is 2. The van der Waals surface area contributed by atoms with Crippen LogP contribution in [0.3, 0.4) is 0 Å². The van der Waals surface area contributed by atoms with E-state index < -0.39 is 11.9 Å². The maximum Gasteiger partial charge on any atom is 0.325 e. The molecule has 0 saturated heterocycles. The number of benzene rings is 2. The van der Waals surface area contributed by atoms with Crippen molar-refractivity contribution < 1.29 is 19.1 Å². The van der Waals surface area contributed by atoms with Crippen LogP contribution in [0.2, 0.25) is 0 Å². The Morgan fingerprint density at radius 2 is 1.93 bits per heavy atom. The van der Waals surface area contributed by atoms with Crippen LogP contribution in [0.5, 0.6) is 0 Å². The number of hydrogen-bond donors (Lipinski definition) is 2. The fourth-order valence-electron chi connectivity index (χ4n) is 2.46. The minimum Gasteiger partial charge on any atom is -0.488 e. The lowest BCUT2D eigenvalue weighted by atomic mass is 10.1. The van der Waals surface area contributed by atoms with Gasteiger partial charge in [0.15, 0.2) is 0 Å². The van der Waals surface area contributed by atoms with Gasteiger partial charge in [0.05, 0.1) is 6.61 Å². The molecule has 30 heavy (non-hydrogen) atoms. The number of rotatable bonds is 10. The number of ether oxygens (including phenoxy) is 2. The molecule has 0 radical (unpaired) electrons. The zero-order valence-electron chi connectivity index (χ0n) is 16.4. The third-order valence-corrected chi connectivity index (χ3v) is 4.27. The molecule has 2 aromatic carbocycles. The number of aliphatic imine (C=N–C) groups is 1. The van der Waals surface area contributed by atoms with Crippen molar-refractivity contribution in [2.45, 2.75) is 13.5 Å². The molecular weight excluding hydrogens is 450 g/mol. The van der Waals surface area contributed by atoms with Gasteiger partial charge < -0.3 is 14.8 Å². The summed E-state index contributed by atoms with van der Waals surface area (Å²) in [5.74, 6) is -0.712. The normalized spacial score (nSPS) is 11.2. The number of carbonyl (C=O) groups excluding carboxylic acids is 2. The zero-order chi connectivity index (χ0) is 21.8. The first kappa shape index (κ1) is 23.0. The van der Waals surface area contributed by atoms with Crippen LogP contribution in [0.15, 0.2) is 64.1 Å². The molecule has 0 unspecified atom stereocenters. The van der Waals surface area contributed by atoms with Crippen molar-refractivity contribution in [3.63, 3.8) is 0 Å². The van der Waals surface area contributed by atoms with Crippen molar-refractivity contribution >= 4 is 46.1 Å². The lowest BCUT2D eigenvalue weighted by Gasteiger charge is -2.14. The summed E-state index contributed by atoms with van der Waals surface area (Å²) < 4.78 is 11.6. The lowest BCUT2D eigenvalue weighted by molar-refractivity contribution is -0.143. The van der Waals surface area contributed by atoms with Gasteiger partial charge in [0, 0.05) is 27.9 Å². The van der Waals surface area contributed by atoms with Crippen LogP contribution in [-0.2, 0) is 25.7 Å². The van der Waals surface area contributed by atoms with E-state index in [0.717, 1.165) is 16.4 Å². The SMILES string of the molecule is CCOC(=O)CNC(=O)C=C(OCc1ccccc1)c1ccc(Br)cc1C=NC=N. The molecule has 8 heteroatoms. The van der Waals surface area contributed by atoms with Gasteiger partial charge in [-0.25, -0.2) is 4.99 Å². The van der Waals surface area contributed by atoms with Crippen LogP contribution in [0, 0.1) is 5.41 Å². The van der Waals surface area contributed by atoms with E-state index in [1.807, 2.05) is 36.4 Å². The van der Waals surface area contributed by atoms with Crippen LogP contribution in [-0.4, -0.2) is 37.6 Å². The molecule has 0 bridgehead atoms. The number of hydrogen-bond acceptors (Lipinski definition) is 5. The number of amides is 1. The Morgan fingerprint density at radius 3 is 2.63 bits per heavy atom. The highest BCUT2D eigenvalue weighted by Gasteiger charge is 2.13. The van der Waals surface area contributed by atoms with Gasteiger partial charge in [-0.05, 0) is 30.7 Å². The summed E-state index contributed by atoms with van der Waals surface area (Å²) in [6.45, 7) is 1.94. The van der Waals surface area contributed by atoms with Gasteiger partial charge in [0.1, 0.15) is 25.2 Å². The molecule has 0 atom stereocenters. The van der Waals surface area contributed by atoms with Crippen molar-refractivity contribution in [1.82, 2.24) is 5.32 Å². The quantitative estimate of drug-likeness (QED) is 0.181. The van der Waals surface area contributed by atoms with Crippen LogP contribution in [0.4, 0.5) is 0 Å². The predicted octanol–water partition coefficient (Wildman–Crippen LogP) is 3.71. The second-order valence-electron chi connectivity index (χ2n) is 5.94. The molecule has 2 aromatic rings. The summed E-state index contributed by atoms with van der Waals surface area (Å²) in [4.78, 5) is 27.7. The maximum absolute atomic E-state index is 12.4. The number of esters is 1. The fraction of sp³-hybridized carbons (Fsp3) is 0.182. The standard InChI is InChI=1S/C22H22BrN3O4/c1-2-29-22(28)13-26-21(27)11-20(30-14-16-6-4-3-5-7-16)19-9-8-18(23)10-17(19)12-25-15-24/h3-12,15,24H,2,13-14H2,1H3,(H,26,27). The highest BCUT2D eigenvalue weighted by Crippen LogP contribution is 2.24. The van der Waals surface area contributed by atoms with Gasteiger partial charge in [-0.1, -0.05) is 46.3 Å². The molecule has 156 valence electrons. The Balaban J connectivity index is 2.31. The maximum atomic E-state index is 12.4. The summed E-state index contributed by atoms with van der Waals surface area (Å²) >= 11 is 3.41. The summed E-state index contributed by atoms with van der Waals surface area (Å²) in [7, 11) is 0. The molecular formula is C22H22BrN3O4. The van der Waals surface area contributed by atoms with E-state index in [4.69, 9.17) is 14.9 Å². The van der Waals surface area contributed by atoms with Crippen LogP contribution < -0.4 is 5.32 Å². The molecule has 0 spiro atoms. The molecule has 2 N–H and O–H groups in total. The average Bonchev–Trinajstić information content (AvgIpc) is 2.75. The third-order valence-electron chi connectivity index (χ3n) is 3.78. The fourth-order valence-corrected chi connectivity index (χ4v) is 2.84. The zero-order valence-corrected chi connectivity index (χ0v) is 18.0. The first-order valence-corrected chi connectivity index (χ1v) is 9.96. The molecule has 2 rings (SSSR count). The van der Waals surface area contributed by atoms with Gasteiger partial charge in [-0.15, -0.1) is 0 Å². The van der Waals surface area contributed by atoms with E-state index in [9.17, 15) is 9.59 Å². The minimum absolute atomic E-state index is 0.238. The van der Waals surface area contributed by atoms with Crippen molar-refractivity contribution in [3.8, 4) is 0 Å². The lowest BCUT2D eigenvalue weighted by Crippen LogP contribution is -2.29. The van der Waals surface area contributed by atoms with E-state index in [1.165, 1.54) is 12.3 Å². The minimum atomic E-state index is -0.520. The molecule has 0 aromatic heterocycles. The molecule has 0 fully saturated rings. The molecule has 7 nitrogen and oxygen atoms in total. The summed E-state index contributed by atoms with van der Waals surface area (Å²) in [6.07, 6.45) is 3.71. The van der Waals surface area contributed by atoms with Crippen LogP contribution >= 0.6 is 15.9 Å². The summed E-state index contributed by atoms with van der Waals surface area (Å²) in [5, 5.41) is 9.62. The second kappa shape index (κ2) is 12.3. The van der Waals surface area contributed by atoms with Gasteiger partial charge in [-0.2, -0.15) is 0 Å². The first-order valence-electron chi connectivity index (χ1n) is 9.17. The Morgan fingerprint density at radius 1 is 1.17 bits per heavy atom. The largest absolute Gasteiger partial charge is 0.488 e. The van der Waals surface area contributed by atoms with E-state index in [0.29, 0.717) is 16.9 Å². The molecule has 1 amide bonds. The number of nitrogens with zero attached hydrogens (tertiary/aromatic N) is 1. The highest BCUT2D eigenvalue weighted by atomic mass is 79.9. The summed E-state index contributed by atoms with van der Waals surface area (Å²) in [6, 6.07) is 14.9. The van der Waals surface area contributed by atoms with Crippen LogP contribution in [0.1, 0.15) is 23.6 Å². The Bertz CT molecular complexity index is 943. The second-order valence-corrected chi connectivity index (χ2v) is 6.86. The van der Waals surface area contributed by atoms with Crippen molar-refractivity contribution in [3.05, 3.63) is 75.8 Å². The topological polar surface area (TPSA) is 101 Å². The van der Waals surface area contributed by atoms with Crippen molar-refractivity contribution in [2.75, 3.05) is 13.2 Å². The Labute approximate surface area is 183 Å². The van der Waals surface area contributed by atoms with Gasteiger partial charge >= 0.3 is 5.97 Å². The smallest absolute Gasteiger partial charge is 0.325 e. The van der Waals surface area contributed by atoms with E-state index >= 15 is 0 Å². The Hall–Kier alpha value is -3.26. The summed E-state index contributed by atoms with van der Waals surface area (Å²) in [5.41, 5.74) is 2.21. The van der Waals surface area contributed by atoms with E-state index in [-0.39, 0.29) is 19.8 Å². The average molecular weight is 472 g/mol. The molecule has 0 aliphatic rings. The predicted molar refractivity (Wildman–Crippen MR) is 119 cm³/mol. The first-order chi connectivity index (χ1) is 14.5. The number of nitrogens with one attached hydrogen (secondary N) is 2. The van der Waals surface area contributed by atoms with Gasteiger partial charge in [0.25, 0.3) is 0 Å². The number of halogens is 1. The van der Waals surface area contributed by atoms with Gasteiger partial charge in [0.2, 0.25) is 5.91 Å². The molecule has 0 saturated carbocycles. The van der Waals surface area contributed by atoms with E-state index in [1.54, 1.807) is 19.1 Å².